The molecule has 0 bridgehead atoms. The summed E-state index contributed by atoms with van der Waals surface area (Å²) < 4.78 is 0. The first kappa shape index (κ1) is 9.65. The van der Waals surface area contributed by atoms with Gasteiger partial charge >= 0.3 is 0 Å². The number of fused-ring (bicyclic) bond motifs is 1. The molecule has 3 heteroatoms. The molecule has 2 aromatic rings. The van der Waals surface area contributed by atoms with Crippen LogP contribution in [0.5, 0.6) is 0 Å². The number of para-hydroxylation sites is 2. The highest BCUT2D eigenvalue weighted by Crippen LogP contribution is 2.15. The van der Waals surface area contributed by atoms with Gasteiger partial charge in [0, 0.05) is 6.54 Å². The van der Waals surface area contributed by atoms with Crippen LogP contribution in [0, 0.1) is 6.92 Å². The van der Waals surface area contributed by atoms with Gasteiger partial charge in [0.2, 0.25) is 0 Å². The van der Waals surface area contributed by atoms with Crippen molar-refractivity contribution in [3.63, 3.8) is 0 Å². The summed E-state index contributed by atoms with van der Waals surface area (Å²) in [4.78, 5) is 8.96. The highest BCUT2D eigenvalue weighted by molar-refractivity contribution is 5.76. The van der Waals surface area contributed by atoms with Crippen molar-refractivity contribution < 1.29 is 0 Å². The second-order valence-electron chi connectivity index (χ2n) is 3.32. The van der Waals surface area contributed by atoms with E-state index in [1.165, 1.54) is 0 Å². The van der Waals surface area contributed by atoms with E-state index in [2.05, 4.69) is 21.9 Å². The Morgan fingerprint density at radius 3 is 2.60 bits per heavy atom. The number of hydrogen-bond donors (Lipinski definition) is 1. The topological polar surface area (TPSA) is 37.8 Å². The zero-order valence-corrected chi connectivity index (χ0v) is 8.70. The minimum absolute atomic E-state index is 0.702. The van der Waals surface area contributed by atoms with E-state index >= 15 is 0 Å². The molecule has 0 saturated heterocycles. The number of aryl methyl sites for hydroxylation is 1. The van der Waals surface area contributed by atoms with E-state index in [4.69, 9.17) is 0 Å². The summed E-state index contributed by atoms with van der Waals surface area (Å²) in [6.07, 6.45) is 1.80. The molecule has 0 aliphatic carbocycles. The molecule has 76 valence electrons. The molecular formula is C12H13N3. The van der Waals surface area contributed by atoms with Crippen LogP contribution in [-0.4, -0.2) is 16.5 Å². The number of nitrogens with zero attached hydrogens (tertiary/aromatic N) is 2. The van der Waals surface area contributed by atoms with Gasteiger partial charge < -0.3 is 5.32 Å². The molecule has 1 aromatic heterocycles. The van der Waals surface area contributed by atoms with Gasteiger partial charge in [0.15, 0.2) is 0 Å². The van der Waals surface area contributed by atoms with Gasteiger partial charge in [0.1, 0.15) is 5.82 Å². The Morgan fingerprint density at radius 1 is 1.27 bits per heavy atom. The second-order valence-corrected chi connectivity index (χ2v) is 3.32. The normalized spacial score (nSPS) is 10.2. The quantitative estimate of drug-likeness (QED) is 0.772. The van der Waals surface area contributed by atoms with Gasteiger partial charge in [-0.2, -0.15) is 0 Å². The summed E-state index contributed by atoms with van der Waals surface area (Å²) in [7, 11) is 0. The van der Waals surface area contributed by atoms with Gasteiger partial charge in [-0.1, -0.05) is 18.2 Å². The zero-order chi connectivity index (χ0) is 10.7. The minimum atomic E-state index is 0.702. The van der Waals surface area contributed by atoms with Crippen molar-refractivity contribution >= 4 is 16.9 Å². The summed E-state index contributed by atoms with van der Waals surface area (Å²) in [5, 5.41) is 3.16. The monoisotopic (exact) mass is 199 g/mol. The van der Waals surface area contributed by atoms with Gasteiger partial charge in [0.25, 0.3) is 0 Å². The Labute approximate surface area is 88.9 Å². The molecule has 0 amide bonds. The summed E-state index contributed by atoms with van der Waals surface area (Å²) in [5.74, 6) is 0.827. The minimum Gasteiger partial charge on any atom is -0.365 e. The van der Waals surface area contributed by atoms with Gasteiger partial charge in [-0.15, -0.1) is 6.58 Å². The van der Waals surface area contributed by atoms with Crippen LogP contribution in [0.4, 0.5) is 5.82 Å². The predicted molar refractivity (Wildman–Crippen MR) is 63.0 cm³/mol. The molecule has 0 unspecified atom stereocenters. The molecule has 15 heavy (non-hydrogen) atoms. The third kappa shape index (κ3) is 1.96. The van der Waals surface area contributed by atoms with Crippen molar-refractivity contribution in [1.29, 1.82) is 0 Å². The van der Waals surface area contributed by atoms with Gasteiger partial charge in [-0.3, -0.25) is 0 Å². The number of benzene rings is 1. The fourth-order valence-corrected chi connectivity index (χ4v) is 1.42. The fraction of sp³-hybridized carbons (Fsp3) is 0.167. The van der Waals surface area contributed by atoms with Crippen LogP contribution in [0.15, 0.2) is 36.9 Å². The molecule has 3 nitrogen and oxygen atoms in total. The number of anilines is 1. The average Bonchev–Trinajstić information content (AvgIpc) is 2.26. The van der Waals surface area contributed by atoms with E-state index in [0.29, 0.717) is 6.54 Å². The van der Waals surface area contributed by atoms with Crippen LogP contribution < -0.4 is 5.32 Å². The maximum atomic E-state index is 4.49. The molecule has 0 aliphatic heterocycles. The maximum absolute atomic E-state index is 4.49. The standard InChI is InChI=1S/C12H13N3/c1-3-8-13-12-9(2)14-10-6-4-5-7-11(10)15-12/h3-7H,1,8H2,2H3,(H,13,15). The number of hydrogen-bond acceptors (Lipinski definition) is 3. The first-order valence-corrected chi connectivity index (χ1v) is 4.89. The molecule has 1 aromatic carbocycles. The average molecular weight is 199 g/mol. The van der Waals surface area contributed by atoms with Crippen molar-refractivity contribution in [1.82, 2.24) is 9.97 Å². The molecule has 2 rings (SSSR count). The molecule has 0 fully saturated rings. The van der Waals surface area contributed by atoms with E-state index < -0.39 is 0 Å². The van der Waals surface area contributed by atoms with Crippen molar-refractivity contribution in [2.75, 3.05) is 11.9 Å². The van der Waals surface area contributed by atoms with Crippen LogP contribution in [-0.2, 0) is 0 Å². The van der Waals surface area contributed by atoms with Gasteiger partial charge in [-0.25, -0.2) is 9.97 Å². The Morgan fingerprint density at radius 2 is 1.93 bits per heavy atom. The van der Waals surface area contributed by atoms with Gasteiger partial charge in [0.05, 0.1) is 16.7 Å². The lowest BCUT2D eigenvalue weighted by Crippen LogP contribution is -2.04. The van der Waals surface area contributed by atoms with E-state index in [1.807, 2.05) is 31.2 Å². The first-order valence-electron chi connectivity index (χ1n) is 4.89. The SMILES string of the molecule is C=CCNc1nc2ccccc2nc1C. The van der Waals surface area contributed by atoms with Crippen LogP contribution in [0.3, 0.4) is 0 Å². The van der Waals surface area contributed by atoms with E-state index in [-0.39, 0.29) is 0 Å². The van der Waals surface area contributed by atoms with Crippen molar-refractivity contribution in [2.24, 2.45) is 0 Å². The van der Waals surface area contributed by atoms with Crippen LogP contribution in [0.1, 0.15) is 5.69 Å². The highest BCUT2D eigenvalue weighted by Gasteiger charge is 2.02. The highest BCUT2D eigenvalue weighted by atomic mass is 15.0. The van der Waals surface area contributed by atoms with Crippen LogP contribution >= 0.6 is 0 Å². The van der Waals surface area contributed by atoms with Crippen LogP contribution in [0.2, 0.25) is 0 Å². The lowest BCUT2D eigenvalue weighted by Gasteiger charge is -2.06. The first-order chi connectivity index (χ1) is 7.31. The zero-order valence-electron chi connectivity index (χ0n) is 8.70. The number of aromatic nitrogens is 2. The van der Waals surface area contributed by atoms with Crippen LogP contribution in [0.25, 0.3) is 11.0 Å². The molecule has 1 N–H and O–H groups in total. The number of nitrogens with one attached hydrogen (secondary N) is 1. The lowest BCUT2D eigenvalue weighted by molar-refractivity contribution is 1.15. The van der Waals surface area contributed by atoms with Crippen molar-refractivity contribution in [3.05, 3.63) is 42.6 Å². The Kier molecular flexibility index (Phi) is 2.63. The van der Waals surface area contributed by atoms with Crippen molar-refractivity contribution in [2.45, 2.75) is 6.92 Å². The summed E-state index contributed by atoms with van der Waals surface area (Å²) in [6, 6.07) is 7.85. The largest absolute Gasteiger partial charge is 0.365 e. The summed E-state index contributed by atoms with van der Waals surface area (Å²) in [5.41, 5.74) is 2.75. The second kappa shape index (κ2) is 4.09. The third-order valence-electron chi connectivity index (χ3n) is 2.16. The molecule has 0 aliphatic rings. The lowest BCUT2D eigenvalue weighted by atomic mass is 10.3. The molecule has 0 spiro atoms. The molecule has 0 saturated carbocycles. The van der Waals surface area contributed by atoms with Crippen molar-refractivity contribution in [3.8, 4) is 0 Å². The molecule has 0 radical (unpaired) electrons. The van der Waals surface area contributed by atoms with E-state index in [9.17, 15) is 0 Å². The Balaban J connectivity index is 2.47. The smallest absolute Gasteiger partial charge is 0.148 e. The van der Waals surface area contributed by atoms with E-state index in [1.54, 1.807) is 6.08 Å². The summed E-state index contributed by atoms with van der Waals surface area (Å²) in [6.45, 7) is 6.31. The fourth-order valence-electron chi connectivity index (χ4n) is 1.42. The third-order valence-corrected chi connectivity index (χ3v) is 2.16. The molecule has 1 heterocycles. The predicted octanol–water partition coefficient (Wildman–Crippen LogP) is 2.54. The maximum Gasteiger partial charge on any atom is 0.148 e. The molecule has 0 atom stereocenters. The summed E-state index contributed by atoms with van der Waals surface area (Å²) >= 11 is 0. The Hall–Kier alpha value is -1.90. The number of rotatable bonds is 3. The molecular weight excluding hydrogens is 186 g/mol. The van der Waals surface area contributed by atoms with E-state index in [0.717, 1.165) is 22.5 Å². The Bertz CT molecular complexity index is 491. The van der Waals surface area contributed by atoms with Gasteiger partial charge in [-0.05, 0) is 19.1 Å².